The molecule has 12 nitrogen and oxygen atoms in total. The summed E-state index contributed by atoms with van der Waals surface area (Å²) in [5, 5.41) is 25.1. The third kappa shape index (κ3) is 19.8. The van der Waals surface area contributed by atoms with Crippen LogP contribution in [0, 0.1) is 0 Å². The molecule has 0 fully saturated rings. The number of hydrogen-bond donors (Lipinski definition) is 6. The Labute approximate surface area is 283 Å². The van der Waals surface area contributed by atoms with Gasteiger partial charge >= 0.3 is 0 Å². The molecular formula is C36H51N3O9. The SMILES string of the molecule is CCCCOc1ccc(CC(=O)NO)cc1.CCCCOc1ccc(CC(=O)NO)cc1.CCCCOc1ccc(CC(=O)NO)cc1. The van der Waals surface area contributed by atoms with Crippen LogP contribution in [0.5, 0.6) is 17.2 Å². The van der Waals surface area contributed by atoms with Crippen LogP contribution in [-0.4, -0.2) is 53.2 Å². The van der Waals surface area contributed by atoms with Crippen molar-refractivity contribution in [3.8, 4) is 17.2 Å². The molecule has 48 heavy (non-hydrogen) atoms. The predicted octanol–water partition coefficient (Wildman–Crippen LogP) is 5.74. The molecular weight excluding hydrogens is 618 g/mol. The second-order valence-corrected chi connectivity index (χ2v) is 10.7. The van der Waals surface area contributed by atoms with Crippen LogP contribution in [0.1, 0.15) is 76.0 Å². The number of hydroxylamine groups is 3. The summed E-state index contributed by atoms with van der Waals surface area (Å²) in [7, 11) is 0. The van der Waals surface area contributed by atoms with Gasteiger partial charge in [0, 0.05) is 0 Å². The van der Waals surface area contributed by atoms with Gasteiger partial charge in [-0.15, -0.1) is 0 Å². The van der Waals surface area contributed by atoms with Crippen molar-refractivity contribution < 1.29 is 44.2 Å². The highest BCUT2D eigenvalue weighted by Gasteiger charge is 2.04. The maximum Gasteiger partial charge on any atom is 0.247 e. The van der Waals surface area contributed by atoms with Crippen LogP contribution < -0.4 is 30.7 Å². The molecule has 0 bridgehead atoms. The molecule has 6 N–H and O–H groups in total. The quantitative estimate of drug-likeness (QED) is 0.0560. The summed E-state index contributed by atoms with van der Waals surface area (Å²) in [6, 6.07) is 21.9. The van der Waals surface area contributed by atoms with Gasteiger partial charge in [0.25, 0.3) is 0 Å². The van der Waals surface area contributed by atoms with Crippen LogP contribution in [0.2, 0.25) is 0 Å². The number of ether oxygens (including phenoxy) is 3. The maximum absolute atomic E-state index is 10.9. The molecule has 264 valence electrons. The highest BCUT2D eigenvalue weighted by molar-refractivity contribution is 5.78. The van der Waals surface area contributed by atoms with E-state index in [-0.39, 0.29) is 19.3 Å². The molecule has 12 heteroatoms. The Morgan fingerprint density at radius 1 is 0.458 bits per heavy atom. The normalized spacial score (nSPS) is 9.88. The van der Waals surface area contributed by atoms with Crippen molar-refractivity contribution in [2.75, 3.05) is 19.8 Å². The minimum Gasteiger partial charge on any atom is -0.494 e. The second-order valence-electron chi connectivity index (χ2n) is 10.7. The fraction of sp³-hybridized carbons (Fsp3) is 0.417. The monoisotopic (exact) mass is 669 g/mol. The van der Waals surface area contributed by atoms with E-state index in [0.717, 1.165) is 72.5 Å². The standard InChI is InChI=1S/3C12H17NO3/c3*1-2-3-8-16-11-6-4-10(5-7-11)9-12(14)13-15/h3*4-7,15H,2-3,8-9H2,1H3,(H,13,14). The van der Waals surface area contributed by atoms with Crippen molar-refractivity contribution in [1.82, 2.24) is 16.4 Å². The highest BCUT2D eigenvalue weighted by atomic mass is 16.5. The average Bonchev–Trinajstić information content (AvgIpc) is 3.11. The lowest BCUT2D eigenvalue weighted by Gasteiger charge is -2.06. The Bertz CT molecular complexity index is 1130. The van der Waals surface area contributed by atoms with E-state index in [1.54, 1.807) is 16.4 Å². The first-order valence-corrected chi connectivity index (χ1v) is 16.2. The minimum atomic E-state index is -0.417. The van der Waals surface area contributed by atoms with E-state index in [0.29, 0.717) is 19.8 Å². The smallest absolute Gasteiger partial charge is 0.247 e. The van der Waals surface area contributed by atoms with Gasteiger partial charge in [-0.1, -0.05) is 76.4 Å². The molecule has 0 atom stereocenters. The fourth-order valence-corrected chi connectivity index (χ4v) is 3.79. The minimum absolute atomic E-state index is 0.172. The van der Waals surface area contributed by atoms with Crippen LogP contribution in [-0.2, 0) is 33.6 Å². The topological polar surface area (TPSA) is 176 Å². The molecule has 3 rings (SSSR count). The number of amides is 3. The zero-order chi connectivity index (χ0) is 35.4. The van der Waals surface area contributed by atoms with Gasteiger partial charge in [-0.05, 0) is 72.4 Å². The molecule has 0 spiro atoms. The largest absolute Gasteiger partial charge is 0.494 e. The summed E-state index contributed by atoms with van der Waals surface area (Å²) in [4.78, 5) is 32.7. The van der Waals surface area contributed by atoms with Crippen molar-refractivity contribution in [3.05, 3.63) is 89.5 Å². The molecule has 3 amide bonds. The fourth-order valence-electron chi connectivity index (χ4n) is 3.79. The van der Waals surface area contributed by atoms with E-state index < -0.39 is 17.7 Å². The molecule has 0 radical (unpaired) electrons. The van der Waals surface area contributed by atoms with Crippen LogP contribution in [0.15, 0.2) is 72.8 Å². The van der Waals surface area contributed by atoms with Gasteiger partial charge in [0.15, 0.2) is 0 Å². The molecule has 3 aromatic carbocycles. The van der Waals surface area contributed by atoms with Gasteiger partial charge in [0.05, 0.1) is 39.1 Å². The zero-order valence-corrected chi connectivity index (χ0v) is 28.2. The van der Waals surface area contributed by atoms with Gasteiger partial charge in [0.2, 0.25) is 17.7 Å². The maximum atomic E-state index is 10.9. The number of benzene rings is 3. The van der Waals surface area contributed by atoms with Crippen molar-refractivity contribution in [2.45, 2.75) is 78.6 Å². The summed E-state index contributed by atoms with van der Waals surface area (Å²) in [5.41, 5.74) is 7.33. The van der Waals surface area contributed by atoms with Crippen molar-refractivity contribution in [2.24, 2.45) is 0 Å². The van der Waals surface area contributed by atoms with E-state index in [4.69, 9.17) is 29.8 Å². The summed E-state index contributed by atoms with van der Waals surface area (Å²) in [5.74, 6) is 1.17. The Morgan fingerprint density at radius 3 is 0.875 bits per heavy atom. The number of carbonyl (C=O) groups is 3. The number of nitrogens with one attached hydrogen (secondary N) is 3. The molecule has 0 aromatic heterocycles. The Balaban J connectivity index is 0.000000360. The highest BCUT2D eigenvalue weighted by Crippen LogP contribution is 2.15. The van der Waals surface area contributed by atoms with Crippen molar-refractivity contribution >= 4 is 17.7 Å². The zero-order valence-electron chi connectivity index (χ0n) is 28.2. The first-order valence-electron chi connectivity index (χ1n) is 16.2. The van der Waals surface area contributed by atoms with Gasteiger partial charge < -0.3 is 14.2 Å². The van der Waals surface area contributed by atoms with E-state index in [9.17, 15) is 14.4 Å². The van der Waals surface area contributed by atoms with Gasteiger partial charge in [-0.3, -0.25) is 30.0 Å². The molecule has 0 aliphatic rings. The first kappa shape index (κ1) is 41.4. The van der Waals surface area contributed by atoms with Gasteiger partial charge in [0.1, 0.15) is 17.2 Å². The summed E-state index contributed by atoms with van der Waals surface area (Å²) < 4.78 is 16.4. The lowest BCUT2D eigenvalue weighted by atomic mass is 10.1. The Morgan fingerprint density at radius 2 is 0.688 bits per heavy atom. The van der Waals surface area contributed by atoms with Crippen molar-refractivity contribution in [1.29, 1.82) is 0 Å². The van der Waals surface area contributed by atoms with Crippen LogP contribution in [0.25, 0.3) is 0 Å². The molecule has 3 aromatic rings. The summed E-state index contributed by atoms with van der Waals surface area (Å²) in [6.45, 7) is 8.48. The van der Waals surface area contributed by atoms with Crippen molar-refractivity contribution in [3.63, 3.8) is 0 Å². The Kier molecular flexibility index (Phi) is 22.8. The second kappa shape index (κ2) is 26.4. The first-order chi connectivity index (χ1) is 23.3. The third-order valence-corrected chi connectivity index (χ3v) is 6.54. The van der Waals surface area contributed by atoms with E-state index in [1.807, 2.05) is 72.8 Å². The van der Waals surface area contributed by atoms with Crippen LogP contribution in [0.3, 0.4) is 0 Å². The predicted molar refractivity (Wildman–Crippen MR) is 181 cm³/mol. The molecule has 0 unspecified atom stereocenters. The van der Waals surface area contributed by atoms with Gasteiger partial charge in [-0.2, -0.15) is 0 Å². The number of carbonyl (C=O) groups excluding carboxylic acids is 3. The van der Waals surface area contributed by atoms with E-state index in [2.05, 4.69) is 20.8 Å². The molecule has 0 saturated heterocycles. The number of unbranched alkanes of at least 4 members (excludes halogenated alkanes) is 3. The average molecular weight is 670 g/mol. The van der Waals surface area contributed by atoms with Crippen LogP contribution in [0.4, 0.5) is 0 Å². The summed E-state index contributed by atoms with van der Waals surface area (Å²) in [6.07, 6.45) is 6.94. The lowest BCUT2D eigenvalue weighted by Crippen LogP contribution is -2.20. The van der Waals surface area contributed by atoms with E-state index in [1.165, 1.54) is 0 Å². The molecule has 0 aliphatic heterocycles. The van der Waals surface area contributed by atoms with Crippen LogP contribution >= 0.6 is 0 Å². The third-order valence-electron chi connectivity index (χ3n) is 6.54. The molecule has 0 saturated carbocycles. The lowest BCUT2D eigenvalue weighted by molar-refractivity contribution is -0.129. The van der Waals surface area contributed by atoms with Gasteiger partial charge in [-0.25, -0.2) is 16.4 Å². The summed E-state index contributed by atoms with van der Waals surface area (Å²) >= 11 is 0. The Hall–Kier alpha value is -4.65. The molecule has 0 heterocycles. The van der Waals surface area contributed by atoms with E-state index >= 15 is 0 Å². The number of rotatable bonds is 18. The molecule has 0 aliphatic carbocycles. The number of hydrogen-bond acceptors (Lipinski definition) is 9.